The number of carbonyl (C=O) groups is 2. The van der Waals surface area contributed by atoms with Crippen molar-refractivity contribution in [2.75, 3.05) is 19.7 Å². The number of carbonyl (C=O) groups excluding carboxylic acids is 2. The second kappa shape index (κ2) is 9.30. The third-order valence-electron chi connectivity index (χ3n) is 4.48. The molecule has 0 bridgehead atoms. The standard InChI is InChI=1S/C19H28N2O3/c1-3-24-18(22)17-11-13-21(14-12-17)19(23)20-15(2)9-10-16-7-5-4-6-8-16/h4-8,15,17H,3,9-14H2,1-2H3,(H,20,23)/t15-/m1/s1. The molecule has 2 rings (SSSR count). The molecule has 1 aliphatic rings. The van der Waals surface area contributed by atoms with Gasteiger partial charge in [0.2, 0.25) is 0 Å². The highest BCUT2D eigenvalue weighted by molar-refractivity contribution is 5.76. The fourth-order valence-electron chi connectivity index (χ4n) is 2.98. The molecule has 0 unspecified atom stereocenters. The van der Waals surface area contributed by atoms with Gasteiger partial charge < -0.3 is 15.0 Å². The first kappa shape index (κ1) is 18.3. The monoisotopic (exact) mass is 332 g/mol. The van der Waals surface area contributed by atoms with Crippen LogP contribution in [0.25, 0.3) is 0 Å². The number of nitrogens with one attached hydrogen (secondary N) is 1. The molecule has 1 aromatic carbocycles. The summed E-state index contributed by atoms with van der Waals surface area (Å²) >= 11 is 0. The van der Waals surface area contributed by atoms with E-state index < -0.39 is 0 Å². The number of ether oxygens (including phenoxy) is 1. The van der Waals surface area contributed by atoms with Crippen molar-refractivity contribution in [2.45, 2.75) is 45.6 Å². The molecule has 24 heavy (non-hydrogen) atoms. The molecule has 1 heterocycles. The average Bonchev–Trinajstić information content (AvgIpc) is 2.61. The molecule has 0 aromatic heterocycles. The van der Waals surface area contributed by atoms with Crippen molar-refractivity contribution in [1.82, 2.24) is 10.2 Å². The Labute approximate surface area is 144 Å². The Hall–Kier alpha value is -2.04. The van der Waals surface area contributed by atoms with Crippen LogP contribution in [0.3, 0.4) is 0 Å². The zero-order valence-corrected chi connectivity index (χ0v) is 14.7. The molecule has 1 aliphatic heterocycles. The number of hydrogen-bond donors (Lipinski definition) is 1. The number of hydrogen-bond acceptors (Lipinski definition) is 3. The summed E-state index contributed by atoms with van der Waals surface area (Å²) in [4.78, 5) is 25.9. The topological polar surface area (TPSA) is 58.6 Å². The molecular weight excluding hydrogens is 304 g/mol. The Balaban J connectivity index is 1.70. The Morgan fingerprint density at radius 3 is 2.54 bits per heavy atom. The van der Waals surface area contributed by atoms with E-state index in [-0.39, 0.29) is 24.0 Å². The highest BCUT2D eigenvalue weighted by atomic mass is 16.5. The highest BCUT2D eigenvalue weighted by Gasteiger charge is 2.28. The molecule has 1 aromatic rings. The molecule has 2 amide bonds. The van der Waals surface area contributed by atoms with Crippen molar-refractivity contribution in [3.05, 3.63) is 35.9 Å². The second-order valence-electron chi connectivity index (χ2n) is 6.39. The summed E-state index contributed by atoms with van der Waals surface area (Å²) in [7, 11) is 0. The van der Waals surface area contributed by atoms with Crippen LogP contribution in [-0.2, 0) is 16.0 Å². The van der Waals surface area contributed by atoms with Gasteiger partial charge >= 0.3 is 12.0 Å². The minimum absolute atomic E-state index is 0.0297. The van der Waals surface area contributed by atoms with Gasteiger partial charge in [0.25, 0.3) is 0 Å². The first-order chi connectivity index (χ1) is 11.6. The average molecular weight is 332 g/mol. The van der Waals surface area contributed by atoms with Gasteiger partial charge in [-0.05, 0) is 45.1 Å². The fraction of sp³-hybridized carbons (Fsp3) is 0.579. The van der Waals surface area contributed by atoms with Crippen molar-refractivity contribution in [3.63, 3.8) is 0 Å². The van der Waals surface area contributed by atoms with Crippen molar-refractivity contribution < 1.29 is 14.3 Å². The molecule has 1 N–H and O–H groups in total. The second-order valence-corrected chi connectivity index (χ2v) is 6.39. The number of nitrogens with zero attached hydrogens (tertiary/aromatic N) is 1. The summed E-state index contributed by atoms with van der Waals surface area (Å²) < 4.78 is 5.06. The van der Waals surface area contributed by atoms with Crippen LogP contribution in [-0.4, -0.2) is 42.6 Å². The molecule has 0 radical (unpaired) electrons. The van der Waals surface area contributed by atoms with E-state index in [0.717, 1.165) is 12.8 Å². The van der Waals surface area contributed by atoms with E-state index in [9.17, 15) is 9.59 Å². The van der Waals surface area contributed by atoms with E-state index in [1.54, 1.807) is 4.90 Å². The normalized spacial score (nSPS) is 16.5. The molecule has 1 saturated heterocycles. The predicted octanol–water partition coefficient (Wildman–Crippen LogP) is 2.99. The molecule has 5 nitrogen and oxygen atoms in total. The zero-order valence-electron chi connectivity index (χ0n) is 14.7. The van der Waals surface area contributed by atoms with Gasteiger partial charge in [0.15, 0.2) is 0 Å². The van der Waals surface area contributed by atoms with E-state index in [0.29, 0.717) is 32.5 Å². The number of benzene rings is 1. The van der Waals surface area contributed by atoms with Crippen molar-refractivity contribution in [2.24, 2.45) is 5.92 Å². The first-order valence-corrected chi connectivity index (χ1v) is 8.86. The number of urea groups is 1. The molecule has 1 atom stereocenters. The summed E-state index contributed by atoms with van der Waals surface area (Å²) in [6, 6.07) is 10.4. The Morgan fingerprint density at radius 1 is 1.25 bits per heavy atom. The molecular formula is C19H28N2O3. The predicted molar refractivity (Wildman–Crippen MR) is 93.7 cm³/mol. The van der Waals surface area contributed by atoms with Gasteiger partial charge in [-0.1, -0.05) is 30.3 Å². The maximum atomic E-state index is 12.3. The zero-order chi connectivity index (χ0) is 17.4. The van der Waals surface area contributed by atoms with Crippen LogP contribution in [0.15, 0.2) is 30.3 Å². The third kappa shape index (κ3) is 5.55. The molecule has 132 valence electrons. The molecule has 5 heteroatoms. The Kier molecular flexibility index (Phi) is 7.09. The van der Waals surface area contributed by atoms with Gasteiger partial charge in [-0.25, -0.2) is 4.79 Å². The number of rotatable bonds is 6. The summed E-state index contributed by atoms with van der Waals surface area (Å²) in [6.45, 7) is 5.49. The third-order valence-corrected chi connectivity index (χ3v) is 4.48. The lowest BCUT2D eigenvalue weighted by atomic mass is 9.97. The quantitative estimate of drug-likeness (QED) is 0.815. The van der Waals surface area contributed by atoms with Crippen LogP contribution in [0.1, 0.15) is 38.7 Å². The van der Waals surface area contributed by atoms with Crippen LogP contribution < -0.4 is 5.32 Å². The van der Waals surface area contributed by atoms with Crippen LogP contribution in [0.2, 0.25) is 0 Å². The van der Waals surface area contributed by atoms with E-state index in [4.69, 9.17) is 4.74 Å². The minimum atomic E-state index is -0.131. The lowest BCUT2D eigenvalue weighted by Gasteiger charge is -2.31. The van der Waals surface area contributed by atoms with Gasteiger partial charge in [0, 0.05) is 19.1 Å². The number of esters is 1. The minimum Gasteiger partial charge on any atom is -0.466 e. The largest absolute Gasteiger partial charge is 0.466 e. The van der Waals surface area contributed by atoms with Crippen LogP contribution in [0.4, 0.5) is 4.79 Å². The van der Waals surface area contributed by atoms with Crippen LogP contribution in [0.5, 0.6) is 0 Å². The molecule has 0 saturated carbocycles. The lowest BCUT2D eigenvalue weighted by Crippen LogP contribution is -2.48. The van der Waals surface area contributed by atoms with Gasteiger partial charge in [0.1, 0.15) is 0 Å². The Bertz CT molecular complexity index is 525. The van der Waals surface area contributed by atoms with Crippen LogP contribution in [0, 0.1) is 5.92 Å². The van der Waals surface area contributed by atoms with Crippen molar-refractivity contribution in [3.8, 4) is 0 Å². The summed E-state index contributed by atoms with van der Waals surface area (Å²) in [5, 5.41) is 3.06. The van der Waals surface area contributed by atoms with E-state index in [1.807, 2.05) is 32.0 Å². The van der Waals surface area contributed by atoms with E-state index in [1.165, 1.54) is 5.56 Å². The number of aryl methyl sites for hydroxylation is 1. The van der Waals surface area contributed by atoms with Crippen LogP contribution >= 0.6 is 0 Å². The maximum Gasteiger partial charge on any atom is 0.317 e. The number of likely N-dealkylation sites (tertiary alicyclic amines) is 1. The Morgan fingerprint density at radius 2 is 1.92 bits per heavy atom. The summed E-state index contributed by atoms with van der Waals surface area (Å²) in [5.74, 6) is -0.196. The van der Waals surface area contributed by atoms with Crippen molar-refractivity contribution in [1.29, 1.82) is 0 Å². The fourth-order valence-corrected chi connectivity index (χ4v) is 2.98. The first-order valence-electron chi connectivity index (χ1n) is 8.86. The van der Waals surface area contributed by atoms with Gasteiger partial charge in [-0.3, -0.25) is 4.79 Å². The molecule has 0 spiro atoms. The number of amides is 2. The van der Waals surface area contributed by atoms with Gasteiger partial charge in [-0.2, -0.15) is 0 Å². The highest BCUT2D eigenvalue weighted by Crippen LogP contribution is 2.19. The smallest absolute Gasteiger partial charge is 0.317 e. The van der Waals surface area contributed by atoms with E-state index in [2.05, 4.69) is 17.4 Å². The van der Waals surface area contributed by atoms with E-state index >= 15 is 0 Å². The molecule has 1 fully saturated rings. The molecule has 0 aliphatic carbocycles. The summed E-state index contributed by atoms with van der Waals surface area (Å²) in [6.07, 6.45) is 3.23. The van der Waals surface area contributed by atoms with Crippen molar-refractivity contribution >= 4 is 12.0 Å². The summed E-state index contributed by atoms with van der Waals surface area (Å²) in [5.41, 5.74) is 1.29. The SMILES string of the molecule is CCOC(=O)C1CCN(C(=O)N[C@H](C)CCc2ccccc2)CC1. The maximum absolute atomic E-state index is 12.3. The lowest BCUT2D eigenvalue weighted by molar-refractivity contribution is -0.149. The van der Waals surface area contributed by atoms with Gasteiger partial charge in [0.05, 0.1) is 12.5 Å². The van der Waals surface area contributed by atoms with Gasteiger partial charge in [-0.15, -0.1) is 0 Å². The number of piperidine rings is 1.